The third kappa shape index (κ3) is 3.06. The normalized spacial score (nSPS) is 11.2. The van der Waals surface area contributed by atoms with Gasteiger partial charge in [0.2, 0.25) is 5.91 Å². The molecule has 0 aliphatic carbocycles. The predicted octanol–water partition coefficient (Wildman–Crippen LogP) is 3.21. The van der Waals surface area contributed by atoms with Gasteiger partial charge in [-0.15, -0.1) is 0 Å². The molecule has 15 heavy (non-hydrogen) atoms. The van der Waals surface area contributed by atoms with E-state index in [1.807, 2.05) is 56.0 Å². The second-order valence-corrected chi connectivity index (χ2v) is 4.93. The highest BCUT2D eigenvalue weighted by Gasteiger charge is 2.26. The fraction of sp³-hybridized carbons (Fsp3) is 0.417. The Morgan fingerprint density at radius 3 is 2.20 bits per heavy atom. The van der Waals surface area contributed by atoms with Crippen LogP contribution in [-0.4, -0.2) is 16.8 Å². The van der Waals surface area contributed by atoms with Gasteiger partial charge >= 0.3 is 0 Å². The van der Waals surface area contributed by atoms with Crippen LogP contribution in [0.3, 0.4) is 0 Å². The van der Waals surface area contributed by atoms with Gasteiger partial charge in [0.15, 0.2) is 0 Å². The molecule has 0 fully saturated rings. The fourth-order valence-electron chi connectivity index (χ4n) is 1.54. The maximum absolute atomic E-state index is 11.8. The molecule has 0 radical (unpaired) electrons. The molecule has 0 atom stereocenters. The lowest BCUT2D eigenvalue weighted by Crippen LogP contribution is -2.46. The van der Waals surface area contributed by atoms with Gasteiger partial charge in [-0.3, -0.25) is 4.79 Å². The number of nitrogens with zero attached hydrogens (tertiary/aromatic N) is 1. The zero-order valence-corrected chi connectivity index (χ0v) is 10.9. The Morgan fingerprint density at radius 2 is 1.80 bits per heavy atom. The van der Waals surface area contributed by atoms with Crippen LogP contribution in [0.4, 0.5) is 5.69 Å². The number of carbonyl (C=O) groups is 1. The summed E-state index contributed by atoms with van der Waals surface area (Å²) in [6.45, 7) is 6.08. The number of carbonyl (C=O) groups excluding carboxylic acids is 1. The highest BCUT2D eigenvalue weighted by atomic mass is 79.9. The number of rotatable bonds is 2. The molecule has 0 unspecified atom stereocenters. The maximum atomic E-state index is 11.8. The molecule has 2 nitrogen and oxygen atoms in total. The number of hydrogen-bond donors (Lipinski definition) is 0. The minimum absolute atomic E-state index is 0.0775. The molecule has 0 heterocycles. The molecule has 1 aromatic carbocycles. The van der Waals surface area contributed by atoms with Gasteiger partial charge in [0.25, 0.3) is 0 Å². The van der Waals surface area contributed by atoms with Crippen LogP contribution < -0.4 is 4.90 Å². The topological polar surface area (TPSA) is 20.3 Å². The second-order valence-electron chi connectivity index (χ2n) is 4.37. The minimum atomic E-state index is -0.202. The third-order valence-corrected chi connectivity index (χ3v) is 2.53. The van der Waals surface area contributed by atoms with Crippen molar-refractivity contribution in [3.05, 3.63) is 30.3 Å². The first-order valence-electron chi connectivity index (χ1n) is 4.91. The molecule has 1 rings (SSSR count). The van der Waals surface area contributed by atoms with E-state index in [1.54, 1.807) is 0 Å². The molecule has 1 amide bonds. The van der Waals surface area contributed by atoms with Crippen molar-refractivity contribution in [2.75, 3.05) is 10.2 Å². The molecule has 82 valence electrons. The molecule has 0 aromatic heterocycles. The lowest BCUT2D eigenvalue weighted by molar-refractivity contribution is -0.117. The van der Waals surface area contributed by atoms with Crippen LogP contribution in [0.2, 0.25) is 0 Å². The van der Waals surface area contributed by atoms with Gasteiger partial charge < -0.3 is 4.90 Å². The number of alkyl halides is 1. The molecule has 0 N–H and O–H groups in total. The fourth-order valence-corrected chi connectivity index (χ4v) is 1.79. The molecule has 0 saturated heterocycles. The van der Waals surface area contributed by atoms with Crippen LogP contribution in [0.25, 0.3) is 0 Å². The quantitative estimate of drug-likeness (QED) is 0.756. The average molecular weight is 270 g/mol. The number of benzene rings is 1. The number of para-hydroxylation sites is 1. The molecule has 0 spiro atoms. The van der Waals surface area contributed by atoms with Crippen molar-refractivity contribution in [3.8, 4) is 0 Å². The third-order valence-electron chi connectivity index (χ3n) is 2.05. The van der Waals surface area contributed by atoms with Gasteiger partial charge in [-0.05, 0) is 32.9 Å². The summed E-state index contributed by atoms with van der Waals surface area (Å²) in [4.78, 5) is 13.6. The van der Waals surface area contributed by atoms with E-state index in [0.717, 1.165) is 5.69 Å². The smallest absolute Gasteiger partial charge is 0.238 e. The van der Waals surface area contributed by atoms with Crippen LogP contribution in [0.1, 0.15) is 20.8 Å². The molecule has 0 aliphatic heterocycles. The monoisotopic (exact) mass is 269 g/mol. The zero-order valence-electron chi connectivity index (χ0n) is 9.33. The van der Waals surface area contributed by atoms with Crippen molar-refractivity contribution in [3.63, 3.8) is 0 Å². The first-order chi connectivity index (χ1) is 6.96. The Labute approximate surface area is 99.4 Å². The van der Waals surface area contributed by atoms with Crippen molar-refractivity contribution < 1.29 is 4.79 Å². The van der Waals surface area contributed by atoms with Gasteiger partial charge in [0.1, 0.15) is 0 Å². The highest BCUT2D eigenvalue weighted by Crippen LogP contribution is 2.23. The zero-order chi connectivity index (χ0) is 11.5. The van der Waals surface area contributed by atoms with Crippen molar-refractivity contribution in [1.82, 2.24) is 0 Å². The van der Waals surface area contributed by atoms with Crippen LogP contribution in [-0.2, 0) is 4.79 Å². The SMILES string of the molecule is CC(C)(C)N(C(=O)CBr)c1ccccc1. The number of anilines is 1. The van der Waals surface area contributed by atoms with E-state index in [9.17, 15) is 4.79 Å². The Kier molecular flexibility index (Phi) is 3.91. The van der Waals surface area contributed by atoms with Crippen molar-refractivity contribution in [2.24, 2.45) is 0 Å². The Morgan fingerprint density at radius 1 is 1.27 bits per heavy atom. The molecule has 3 heteroatoms. The highest BCUT2D eigenvalue weighted by molar-refractivity contribution is 9.09. The van der Waals surface area contributed by atoms with E-state index >= 15 is 0 Å². The molecule has 1 aromatic rings. The summed E-state index contributed by atoms with van der Waals surface area (Å²) in [5.74, 6) is 0.0775. The van der Waals surface area contributed by atoms with E-state index in [2.05, 4.69) is 15.9 Å². The van der Waals surface area contributed by atoms with Crippen LogP contribution in [0.15, 0.2) is 30.3 Å². The van der Waals surface area contributed by atoms with Gasteiger partial charge in [-0.1, -0.05) is 34.1 Å². The van der Waals surface area contributed by atoms with Gasteiger partial charge in [-0.25, -0.2) is 0 Å². The van der Waals surface area contributed by atoms with E-state index in [-0.39, 0.29) is 11.4 Å². The summed E-state index contributed by atoms with van der Waals surface area (Å²) >= 11 is 3.21. The Bertz CT molecular complexity index is 329. The van der Waals surface area contributed by atoms with Crippen LogP contribution >= 0.6 is 15.9 Å². The van der Waals surface area contributed by atoms with Crippen molar-refractivity contribution in [1.29, 1.82) is 0 Å². The summed E-state index contributed by atoms with van der Waals surface area (Å²) in [7, 11) is 0. The molecule has 0 saturated carbocycles. The van der Waals surface area contributed by atoms with Crippen LogP contribution in [0.5, 0.6) is 0 Å². The summed E-state index contributed by atoms with van der Waals surface area (Å²) in [6.07, 6.45) is 0. The van der Waals surface area contributed by atoms with Gasteiger partial charge in [0, 0.05) is 11.2 Å². The lowest BCUT2D eigenvalue weighted by atomic mass is 10.0. The number of amides is 1. The summed E-state index contributed by atoms with van der Waals surface area (Å²) in [5, 5.41) is 0.346. The lowest BCUT2D eigenvalue weighted by Gasteiger charge is -2.35. The number of halogens is 1. The van der Waals surface area contributed by atoms with E-state index < -0.39 is 0 Å². The summed E-state index contributed by atoms with van der Waals surface area (Å²) in [5.41, 5.74) is 0.737. The summed E-state index contributed by atoms with van der Waals surface area (Å²) < 4.78 is 0. The Balaban J connectivity index is 3.08. The summed E-state index contributed by atoms with van der Waals surface area (Å²) in [6, 6.07) is 9.73. The van der Waals surface area contributed by atoms with E-state index in [4.69, 9.17) is 0 Å². The second kappa shape index (κ2) is 4.79. The Hall–Kier alpha value is -0.830. The number of hydrogen-bond acceptors (Lipinski definition) is 1. The van der Waals surface area contributed by atoms with Crippen molar-refractivity contribution >= 4 is 27.5 Å². The largest absolute Gasteiger partial charge is 0.306 e. The molecular formula is C12H16BrNO. The van der Waals surface area contributed by atoms with E-state index in [1.165, 1.54) is 0 Å². The van der Waals surface area contributed by atoms with Crippen LogP contribution in [0, 0.1) is 0 Å². The maximum Gasteiger partial charge on any atom is 0.238 e. The molecule has 0 bridgehead atoms. The van der Waals surface area contributed by atoms with Gasteiger partial charge in [0.05, 0.1) is 5.33 Å². The van der Waals surface area contributed by atoms with Gasteiger partial charge in [-0.2, -0.15) is 0 Å². The predicted molar refractivity (Wildman–Crippen MR) is 67.5 cm³/mol. The standard InChI is InChI=1S/C12H16BrNO/c1-12(2,3)14(11(15)9-13)10-7-5-4-6-8-10/h4-8H,9H2,1-3H3. The van der Waals surface area contributed by atoms with Crippen molar-refractivity contribution in [2.45, 2.75) is 26.3 Å². The first kappa shape index (κ1) is 12.2. The minimum Gasteiger partial charge on any atom is -0.306 e. The molecule has 0 aliphatic rings. The first-order valence-corrected chi connectivity index (χ1v) is 6.03. The molecular weight excluding hydrogens is 254 g/mol. The average Bonchev–Trinajstić information content (AvgIpc) is 2.17. The van der Waals surface area contributed by atoms with E-state index in [0.29, 0.717) is 5.33 Å².